The van der Waals surface area contributed by atoms with Crippen LogP contribution in [0.2, 0.25) is 0 Å². The van der Waals surface area contributed by atoms with E-state index in [9.17, 15) is 5.11 Å². The van der Waals surface area contributed by atoms with Gasteiger partial charge < -0.3 is 14.6 Å². The maximum Gasteiger partial charge on any atom is 0.143 e. The summed E-state index contributed by atoms with van der Waals surface area (Å²) >= 11 is 6.86. The third kappa shape index (κ3) is 3.10. The van der Waals surface area contributed by atoms with Gasteiger partial charge >= 0.3 is 0 Å². The van der Waals surface area contributed by atoms with Crippen molar-refractivity contribution in [1.29, 1.82) is 0 Å². The molecule has 0 radical (unpaired) electrons. The summed E-state index contributed by atoms with van der Waals surface area (Å²) in [5, 5.41) is 11.0. The molecule has 2 rings (SSSR count). The molecule has 1 atom stereocenters. The molecule has 0 amide bonds. The van der Waals surface area contributed by atoms with Crippen molar-refractivity contribution in [3.63, 3.8) is 0 Å². The third-order valence-corrected chi connectivity index (χ3v) is 4.70. The Balaban J connectivity index is 2.59. The third-order valence-electron chi connectivity index (χ3n) is 3.42. The van der Waals surface area contributed by atoms with Crippen molar-refractivity contribution in [2.45, 2.75) is 12.5 Å². The lowest BCUT2D eigenvalue weighted by Crippen LogP contribution is -2.23. The van der Waals surface area contributed by atoms with Gasteiger partial charge in [-0.1, -0.05) is 28.1 Å². The van der Waals surface area contributed by atoms with Crippen LogP contribution in [0.15, 0.2) is 45.3 Å². The summed E-state index contributed by atoms with van der Waals surface area (Å²) < 4.78 is 12.4. The van der Waals surface area contributed by atoms with Gasteiger partial charge in [0.05, 0.1) is 14.2 Å². The van der Waals surface area contributed by atoms with Gasteiger partial charge in [0, 0.05) is 10.0 Å². The van der Waals surface area contributed by atoms with Crippen LogP contribution in [0.25, 0.3) is 0 Å². The molecule has 2 aromatic rings. The first-order valence-corrected chi connectivity index (χ1v) is 7.89. The summed E-state index contributed by atoms with van der Waals surface area (Å²) in [6.07, 6.45) is 0. The second-order valence-corrected chi connectivity index (χ2v) is 6.45. The van der Waals surface area contributed by atoms with E-state index in [-0.39, 0.29) is 0 Å². The quantitative estimate of drug-likeness (QED) is 0.799. The van der Waals surface area contributed by atoms with Crippen LogP contribution in [-0.2, 0) is 5.60 Å². The summed E-state index contributed by atoms with van der Waals surface area (Å²) in [5.74, 6) is 1.21. The Morgan fingerprint density at radius 3 is 2.10 bits per heavy atom. The number of benzene rings is 2. The number of ether oxygens (including phenoxy) is 2. The maximum atomic E-state index is 11.0. The Kier molecular flexibility index (Phi) is 4.96. The molecule has 21 heavy (non-hydrogen) atoms. The molecule has 3 nitrogen and oxygen atoms in total. The van der Waals surface area contributed by atoms with E-state index in [1.807, 2.05) is 30.3 Å². The summed E-state index contributed by atoms with van der Waals surface area (Å²) in [4.78, 5) is 0. The van der Waals surface area contributed by atoms with Crippen molar-refractivity contribution in [2.75, 3.05) is 14.2 Å². The van der Waals surface area contributed by atoms with Crippen molar-refractivity contribution < 1.29 is 14.6 Å². The standard InChI is InChI=1S/C16H16Br2O3/c1-16(19,10-4-6-11(17)7-5-10)12-8-9-13(20-2)14(18)15(12)21-3/h4-9,19H,1-3H3. The molecule has 0 spiro atoms. The molecule has 1 N–H and O–H groups in total. The van der Waals surface area contributed by atoms with Crippen LogP contribution in [-0.4, -0.2) is 19.3 Å². The Hall–Kier alpha value is -1.04. The predicted octanol–water partition coefficient (Wildman–Crippen LogP) is 4.48. The topological polar surface area (TPSA) is 38.7 Å². The van der Waals surface area contributed by atoms with Crippen LogP contribution in [0.1, 0.15) is 18.1 Å². The van der Waals surface area contributed by atoms with Crippen LogP contribution in [0, 0.1) is 0 Å². The van der Waals surface area contributed by atoms with Gasteiger partial charge in [0.2, 0.25) is 0 Å². The minimum Gasteiger partial charge on any atom is -0.495 e. The summed E-state index contributed by atoms with van der Waals surface area (Å²) in [6, 6.07) is 11.2. The fraction of sp³-hybridized carbons (Fsp3) is 0.250. The lowest BCUT2D eigenvalue weighted by atomic mass is 9.87. The molecule has 0 aliphatic heterocycles. The highest BCUT2D eigenvalue weighted by molar-refractivity contribution is 9.11. The zero-order valence-electron chi connectivity index (χ0n) is 12.0. The molecule has 0 aliphatic rings. The van der Waals surface area contributed by atoms with Crippen molar-refractivity contribution in [2.24, 2.45) is 0 Å². The Morgan fingerprint density at radius 1 is 0.952 bits per heavy atom. The fourth-order valence-electron chi connectivity index (χ4n) is 2.21. The number of hydrogen-bond donors (Lipinski definition) is 1. The lowest BCUT2D eigenvalue weighted by molar-refractivity contribution is 0.0987. The van der Waals surface area contributed by atoms with Gasteiger partial charge in [0.15, 0.2) is 0 Å². The van der Waals surface area contributed by atoms with E-state index in [1.54, 1.807) is 27.2 Å². The Labute approximate surface area is 141 Å². The minimum atomic E-state index is -1.18. The van der Waals surface area contributed by atoms with Gasteiger partial charge in [0.25, 0.3) is 0 Å². The monoisotopic (exact) mass is 414 g/mol. The molecular weight excluding hydrogens is 400 g/mol. The van der Waals surface area contributed by atoms with E-state index in [0.717, 1.165) is 10.0 Å². The van der Waals surface area contributed by atoms with Crippen molar-refractivity contribution >= 4 is 31.9 Å². The number of halogens is 2. The molecule has 1 unspecified atom stereocenters. The molecule has 0 aromatic heterocycles. The van der Waals surface area contributed by atoms with Gasteiger partial charge in [-0.25, -0.2) is 0 Å². The van der Waals surface area contributed by atoms with Gasteiger partial charge in [-0.15, -0.1) is 0 Å². The molecular formula is C16H16Br2O3. The average Bonchev–Trinajstić information content (AvgIpc) is 2.47. The molecule has 0 saturated carbocycles. The first-order chi connectivity index (χ1) is 9.91. The first kappa shape index (κ1) is 16.3. The molecule has 2 aromatic carbocycles. The number of rotatable bonds is 4. The van der Waals surface area contributed by atoms with E-state index < -0.39 is 5.60 Å². The molecule has 5 heteroatoms. The second kappa shape index (κ2) is 6.38. The zero-order valence-corrected chi connectivity index (χ0v) is 15.2. The number of methoxy groups -OCH3 is 2. The minimum absolute atomic E-state index is 0.558. The van der Waals surface area contributed by atoms with Crippen LogP contribution >= 0.6 is 31.9 Å². The van der Waals surface area contributed by atoms with E-state index in [2.05, 4.69) is 31.9 Å². The summed E-state index contributed by atoms with van der Waals surface area (Å²) in [7, 11) is 3.16. The van der Waals surface area contributed by atoms with Gasteiger partial charge in [-0.3, -0.25) is 0 Å². The smallest absolute Gasteiger partial charge is 0.143 e. The van der Waals surface area contributed by atoms with Crippen molar-refractivity contribution in [3.05, 3.63) is 56.5 Å². The Bertz CT molecular complexity index is 637. The number of hydrogen-bond acceptors (Lipinski definition) is 3. The van der Waals surface area contributed by atoms with Crippen LogP contribution < -0.4 is 9.47 Å². The molecule has 0 bridgehead atoms. The number of aliphatic hydroxyl groups is 1. The zero-order chi connectivity index (χ0) is 15.6. The fourth-order valence-corrected chi connectivity index (χ4v) is 3.14. The van der Waals surface area contributed by atoms with Crippen LogP contribution in [0.4, 0.5) is 0 Å². The van der Waals surface area contributed by atoms with Crippen molar-refractivity contribution in [3.8, 4) is 11.5 Å². The first-order valence-electron chi connectivity index (χ1n) is 6.31. The Morgan fingerprint density at radius 2 is 1.57 bits per heavy atom. The van der Waals surface area contributed by atoms with Gasteiger partial charge in [-0.2, -0.15) is 0 Å². The normalized spacial score (nSPS) is 13.6. The maximum absolute atomic E-state index is 11.0. The summed E-state index contributed by atoms with van der Waals surface area (Å²) in [6.45, 7) is 1.74. The van der Waals surface area contributed by atoms with Gasteiger partial charge in [-0.05, 0) is 52.7 Å². The average molecular weight is 416 g/mol. The predicted molar refractivity (Wildman–Crippen MR) is 90.1 cm³/mol. The molecule has 0 aliphatic carbocycles. The highest BCUT2D eigenvalue weighted by Gasteiger charge is 2.31. The van der Waals surface area contributed by atoms with E-state index >= 15 is 0 Å². The van der Waals surface area contributed by atoms with Crippen molar-refractivity contribution in [1.82, 2.24) is 0 Å². The SMILES string of the molecule is COc1ccc(C(C)(O)c2ccc(Br)cc2)c(OC)c1Br. The summed E-state index contributed by atoms with van der Waals surface area (Å²) in [5.41, 5.74) is 0.266. The van der Waals surface area contributed by atoms with E-state index in [1.165, 1.54) is 0 Å². The lowest BCUT2D eigenvalue weighted by Gasteiger charge is -2.27. The van der Waals surface area contributed by atoms with E-state index in [4.69, 9.17) is 9.47 Å². The molecule has 0 heterocycles. The van der Waals surface area contributed by atoms with Gasteiger partial charge in [0.1, 0.15) is 21.6 Å². The molecule has 112 valence electrons. The molecule has 0 saturated heterocycles. The largest absolute Gasteiger partial charge is 0.495 e. The van der Waals surface area contributed by atoms with Crippen LogP contribution in [0.5, 0.6) is 11.5 Å². The van der Waals surface area contributed by atoms with E-state index in [0.29, 0.717) is 21.5 Å². The molecule has 0 fully saturated rings. The van der Waals surface area contributed by atoms with Crippen LogP contribution in [0.3, 0.4) is 0 Å². The highest BCUT2D eigenvalue weighted by Crippen LogP contribution is 2.43. The second-order valence-electron chi connectivity index (χ2n) is 4.74. The highest BCUT2D eigenvalue weighted by atomic mass is 79.9.